The third-order valence-electron chi connectivity index (χ3n) is 3.55. The highest BCUT2D eigenvalue weighted by Crippen LogP contribution is 2.21. The van der Waals surface area contributed by atoms with Crippen LogP contribution in [0.4, 0.5) is 0 Å². The number of hydrogen-bond donors (Lipinski definition) is 0. The average Bonchev–Trinajstić information content (AvgIpc) is 2.26. The van der Waals surface area contributed by atoms with Gasteiger partial charge in [-0.25, -0.2) is 0 Å². The van der Waals surface area contributed by atoms with Crippen molar-refractivity contribution in [1.29, 1.82) is 0 Å². The molecule has 80 valence electrons. The highest BCUT2D eigenvalue weighted by molar-refractivity contribution is 6.56. The molecular formula is C14H20Si. The molecule has 1 aliphatic rings. The molecule has 0 spiro atoms. The number of allylic oxidation sites excluding steroid dienone is 2. The van der Waals surface area contributed by atoms with Gasteiger partial charge in [-0.15, -0.1) is 0 Å². The summed E-state index contributed by atoms with van der Waals surface area (Å²) in [5, 5.41) is 1.67. The van der Waals surface area contributed by atoms with Gasteiger partial charge in [0.15, 0.2) is 0 Å². The van der Waals surface area contributed by atoms with Crippen molar-refractivity contribution in [3.05, 3.63) is 41.5 Å². The van der Waals surface area contributed by atoms with E-state index in [0.717, 1.165) is 5.54 Å². The first-order chi connectivity index (χ1) is 7.27. The van der Waals surface area contributed by atoms with Gasteiger partial charge in [-0.05, 0) is 49.8 Å². The van der Waals surface area contributed by atoms with Crippen molar-refractivity contribution in [2.24, 2.45) is 0 Å². The van der Waals surface area contributed by atoms with Gasteiger partial charge < -0.3 is 0 Å². The van der Waals surface area contributed by atoms with Crippen LogP contribution >= 0.6 is 0 Å². The fourth-order valence-electron chi connectivity index (χ4n) is 2.37. The van der Waals surface area contributed by atoms with Crippen molar-refractivity contribution < 1.29 is 0 Å². The quantitative estimate of drug-likeness (QED) is 0.527. The van der Waals surface area contributed by atoms with Crippen LogP contribution in [0, 0.1) is 13.8 Å². The van der Waals surface area contributed by atoms with Crippen molar-refractivity contribution in [1.82, 2.24) is 0 Å². The van der Waals surface area contributed by atoms with Gasteiger partial charge in [0.25, 0.3) is 0 Å². The summed E-state index contributed by atoms with van der Waals surface area (Å²) in [4.78, 5) is 0. The van der Waals surface area contributed by atoms with E-state index in [0.29, 0.717) is 0 Å². The van der Waals surface area contributed by atoms with Crippen molar-refractivity contribution in [3.8, 4) is 0 Å². The summed E-state index contributed by atoms with van der Waals surface area (Å²) in [5.74, 6) is 0. The highest BCUT2D eigenvalue weighted by atomic mass is 28.2. The molecule has 0 fully saturated rings. The normalized spacial score (nSPS) is 21.3. The lowest BCUT2D eigenvalue weighted by Gasteiger charge is -2.17. The van der Waals surface area contributed by atoms with Crippen LogP contribution in [-0.4, -0.2) is 9.52 Å². The molecule has 2 rings (SSSR count). The SMILES string of the molecule is Cc1cccc([SiH2]C2C=CCCC2)c1C. The van der Waals surface area contributed by atoms with Crippen LogP contribution < -0.4 is 5.19 Å². The second-order valence-electron chi connectivity index (χ2n) is 4.68. The average molecular weight is 216 g/mol. The molecule has 0 saturated heterocycles. The number of rotatable bonds is 2. The lowest BCUT2D eigenvalue weighted by atomic mass is 10.1. The third-order valence-corrected chi connectivity index (χ3v) is 5.96. The predicted octanol–water partition coefficient (Wildman–Crippen LogP) is 2.63. The molecular weight excluding hydrogens is 196 g/mol. The molecule has 0 aromatic heterocycles. The Kier molecular flexibility index (Phi) is 3.42. The largest absolute Gasteiger partial charge is 0.0886 e. The van der Waals surface area contributed by atoms with Gasteiger partial charge in [-0.3, -0.25) is 0 Å². The van der Waals surface area contributed by atoms with Gasteiger partial charge in [0.05, 0.1) is 9.52 Å². The van der Waals surface area contributed by atoms with Gasteiger partial charge in [-0.1, -0.05) is 35.5 Å². The summed E-state index contributed by atoms with van der Waals surface area (Å²) in [7, 11) is -0.0943. The zero-order valence-electron chi connectivity index (χ0n) is 9.79. The Morgan fingerprint density at radius 2 is 2.13 bits per heavy atom. The third kappa shape index (κ3) is 2.60. The molecule has 1 aliphatic carbocycles. The van der Waals surface area contributed by atoms with Crippen LogP contribution in [0.25, 0.3) is 0 Å². The van der Waals surface area contributed by atoms with Crippen LogP contribution in [0.15, 0.2) is 30.4 Å². The topological polar surface area (TPSA) is 0 Å². The molecule has 0 aliphatic heterocycles. The number of benzene rings is 1. The molecule has 1 atom stereocenters. The predicted molar refractivity (Wildman–Crippen MR) is 70.8 cm³/mol. The lowest BCUT2D eigenvalue weighted by Crippen LogP contribution is -2.22. The number of aryl methyl sites for hydroxylation is 1. The van der Waals surface area contributed by atoms with E-state index in [4.69, 9.17) is 0 Å². The minimum absolute atomic E-state index is 0.0943. The van der Waals surface area contributed by atoms with E-state index >= 15 is 0 Å². The summed E-state index contributed by atoms with van der Waals surface area (Å²) in [6, 6.07) is 6.79. The summed E-state index contributed by atoms with van der Waals surface area (Å²) in [6.07, 6.45) is 8.98. The fraction of sp³-hybridized carbons (Fsp3) is 0.429. The smallest absolute Gasteiger partial charge is 0.0620 e. The maximum absolute atomic E-state index is 2.47. The van der Waals surface area contributed by atoms with Crippen LogP contribution in [0.5, 0.6) is 0 Å². The zero-order valence-corrected chi connectivity index (χ0v) is 11.2. The Balaban J connectivity index is 2.13. The van der Waals surface area contributed by atoms with Gasteiger partial charge in [0, 0.05) is 0 Å². The van der Waals surface area contributed by atoms with Crippen LogP contribution in [0.2, 0.25) is 5.54 Å². The van der Waals surface area contributed by atoms with Gasteiger partial charge in [0.1, 0.15) is 0 Å². The fourth-order valence-corrected chi connectivity index (χ4v) is 4.61. The molecule has 1 unspecified atom stereocenters. The van der Waals surface area contributed by atoms with E-state index in [1.807, 2.05) is 0 Å². The second-order valence-corrected chi connectivity index (χ2v) is 6.90. The Morgan fingerprint density at radius 3 is 2.87 bits per heavy atom. The van der Waals surface area contributed by atoms with E-state index < -0.39 is 0 Å². The van der Waals surface area contributed by atoms with Crippen LogP contribution in [0.3, 0.4) is 0 Å². The molecule has 0 N–H and O–H groups in total. The molecule has 1 aromatic carbocycles. The standard InChI is InChI=1S/C14H20Si/c1-11-7-6-10-14(12(11)2)15-13-8-4-3-5-9-13/h4,6-8,10,13H,3,5,9,15H2,1-2H3. The maximum Gasteiger partial charge on any atom is 0.0620 e. The van der Waals surface area contributed by atoms with Gasteiger partial charge in [0.2, 0.25) is 0 Å². The maximum atomic E-state index is 2.47. The molecule has 0 saturated carbocycles. The molecule has 0 nitrogen and oxygen atoms in total. The van der Waals surface area contributed by atoms with Crippen molar-refractivity contribution in [3.63, 3.8) is 0 Å². The van der Waals surface area contributed by atoms with Crippen molar-refractivity contribution in [2.45, 2.75) is 38.7 Å². The number of hydrogen-bond acceptors (Lipinski definition) is 0. The first kappa shape index (κ1) is 10.7. The first-order valence-corrected chi connectivity index (χ1v) is 7.51. The van der Waals surface area contributed by atoms with Crippen molar-refractivity contribution >= 4 is 14.7 Å². The molecule has 0 bridgehead atoms. The summed E-state index contributed by atoms with van der Waals surface area (Å²) in [6.45, 7) is 4.51. The molecule has 15 heavy (non-hydrogen) atoms. The van der Waals surface area contributed by atoms with E-state index in [9.17, 15) is 0 Å². The summed E-state index contributed by atoms with van der Waals surface area (Å²) < 4.78 is 0. The van der Waals surface area contributed by atoms with E-state index in [-0.39, 0.29) is 9.52 Å². The van der Waals surface area contributed by atoms with Crippen LogP contribution in [0.1, 0.15) is 30.4 Å². The summed E-state index contributed by atoms with van der Waals surface area (Å²) in [5.41, 5.74) is 3.92. The Morgan fingerprint density at radius 1 is 1.27 bits per heavy atom. The Bertz CT molecular complexity index is 366. The zero-order chi connectivity index (χ0) is 10.7. The Hall–Kier alpha value is -0.823. The minimum atomic E-state index is -0.0943. The molecule has 1 heteroatoms. The van der Waals surface area contributed by atoms with Gasteiger partial charge in [-0.2, -0.15) is 0 Å². The lowest BCUT2D eigenvalue weighted by molar-refractivity contribution is 0.726. The van der Waals surface area contributed by atoms with E-state index in [1.165, 1.54) is 24.8 Å². The van der Waals surface area contributed by atoms with Gasteiger partial charge >= 0.3 is 0 Å². The molecule has 0 amide bonds. The summed E-state index contributed by atoms with van der Waals surface area (Å²) >= 11 is 0. The molecule has 1 aromatic rings. The van der Waals surface area contributed by atoms with E-state index in [1.54, 1.807) is 10.8 Å². The van der Waals surface area contributed by atoms with E-state index in [2.05, 4.69) is 44.2 Å². The van der Waals surface area contributed by atoms with Crippen molar-refractivity contribution in [2.75, 3.05) is 0 Å². The monoisotopic (exact) mass is 216 g/mol. The minimum Gasteiger partial charge on any atom is -0.0886 e. The molecule has 0 heterocycles. The Labute approximate surface area is 95.2 Å². The highest BCUT2D eigenvalue weighted by Gasteiger charge is 2.11. The second kappa shape index (κ2) is 4.80. The first-order valence-electron chi connectivity index (χ1n) is 5.99. The molecule has 0 radical (unpaired) electrons. The van der Waals surface area contributed by atoms with Crippen LogP contribution in [-0.2, 0) is 0 Å².